The highest BCUT2D eigenvalue weighted by atomic mass is 16.2. The van der Waals surface area contributed by atoms with Gasteiger partial charge in [-0.3, -0.25) is 14.5 Å². The van der Waals surface area contributed by atoms with Gasteiger partial charge in [0.25, 0.3) is 11.8 Å². The molecule has 26 heavy (non-hydrogen) atoms. The maximum absolute atomic E-state index is 13.0. The maximum Gasteiger partial charge on any atom is 0.278 e. The van der Waals surface area contributed by atoms with Crippen LogP contribution in [0.1, 0.15) is 35.6 Å². The zero-order valence-corrected chi connectivity index (χ0v) is 15.7. The standard InChI is InChI=1S/C22H24N2O2/c1-5-12-24-21(25)19(17-11-10-14(2)13-16(17)4)20(22(24)26)23-18-9-7-6-8-15(18)3/h6-11,13,23H,5,12H2,1-4H3. The molecule has 2 aromatic carbocycles. The monoisotopic (exact) mass is 348 g/mol. The second kappa shape index (κ2) is 7.16. The van der Waals surface area contributed by atoms with E-state index in [0.29, 0.717) is 17.8 Å². The molecule has 2 aromatic rings. The third-order valence-electron chi connectivity index (χ3n) is 4.67. The van der Waals surface area contributed by atoms with Gasteiger partial charge in [-0.15, -0.1) is 0 Å². The number of hydrogen-bond donors (Lipinski definition) is 1. The predicted octanol–water partition coefficient (Wildman–Crippen LogP) is 4.21. The van der Waals surface area contributed by atoms with Gasteiger partial charge in [-0.25, -0.2) is 0 Å². The number of para-hydroxylation sites is 1. The Morgan fingerprint density at radius 2 is 1.65 bits per heavy atom. The first-order valence-electron chi connectivity index (χ1n) is 8.94. The van der Waals surface area contributed by atoms with Crippen LogP contribution in [0.15, 0.2) is 48.2 Å². The lowest BCUT2D eigenvalue weighted by Gasteiger charge is -2.14. The zero-order valence-electron chi connectivity index (χ0n) is 15.7. The minimum Gasteiger partial charge on any atom is -0.350 e. The summed E-state index contributed by atoms with van der Waals surface area (Å²) in [5.74, 6) is -0.477. The first-order valence-corrected chi connectivity index (χ1v) is 8.94. The average Bonchev–Trinajstić information content (AvgIpc) is 2.82. The molecule has 0 unspecified atom stereocenters. The summed E-state index contributed by atoms with van der Waals surface area (Å²) in [6.07, 6.45) is 0.731. The number of benzene rings is 2. The quantitative estimate of drug-likeness (QED) is 0.823. The van der Waals surface area contributed by atoms with Crippen molar-refractivity contribution in [2.45, 2.75) is 34.1 Å². The lowest BCUT2D eigenvalue weighted by atomic mass is 9.97. The summed E-state index contributed by atoms with van der Waals surface area (Å²) in [4.78, 5) is 27.3. The number of carbonyl (C=O) groups excluding carboxylic acids is 2. The van der Waals surface area contributed by atoms with Gasteiger partial charge in [-0.2, -0.15) is 0 Å². The van der Waals surface area contributed by atoms with Gasteiger partial charge in [0.05, 0.1) is 5.57 Å². The van der Waals surface area contributed by atoms with Crippen LogP contribution in [0.5, 0.6) is 0 Å². The molecule has 1 N–H and O–H groups in total. The lowest BCUT2D eigenvalue weighted by Crippen LogP contribution is -2.33. The van der Waals surface area contributed by atoms with Crippen molar-refractivity contribution in [2.75, 3.05) is 11.9 Å². The van der Waals surface area contributed by atoms with E-state index in [2.05, 4.69) is 5.32 Å². The van der Waals surface area contributed by atoms with Gasteiger partial charge >= 0.3 is 0 Å². The maximum atomic E-state index is 13.0. The molecule has 1 aliphatic heterocycles. The van der Waals surface area contributed by atoms with Gasteiger partial charge in [0, 0.05) is 12.2 Å². The third kappa shape index (κ3) is 3.15. The molecule has 0 saturated carbocycles. The van der Waals surface area contributed by atoms with Crippen molar-refractivity contribution in [3.8, 4) is 0 Å². The number of hydrogen-bond acceptors (Lipinski definition) is 3. The SMILES string of the molecule is CCCN1C(=O)C(Nc2ccccc2C)=C(c2ccc(C)cc2C)C1=O. The Labute approximate surface area is 154 Å². The molecule has 0 saturated heterocycles. The Bertz CT molecular complexity index is 912. The van der Waals surface area contributed by atoms with E-state index in [-0.39, 0.29) is 11.8 Å². The van der Waals surface area contributed by atoms with Crippen molar-refractivity contribution in [3.63, 3.8) is 0 Å². The molecule has 0 aliphatic carbocycles. The summed E-state index contributed by atoms with van der Waals surface area (Å²) in [5, 5.41) is 3.24. The van der Waals surface area contributed by atoms with Gasteiger partial charge in [-0.1, -0.05) is 48.9 Å². The molecule has 3 rings (SSSR count). The Balaban J connectivity index is 2.14. The fraction of sp³-hybridized carbons (Fsp3) is 0.273. The zero-order chi connectivity index (χ0) is 18.8. The van der Waals surface area contributed by atoms with E-state index in [1.165, 1.54) is 4.90 Å². The van der Waals surface area contributed by atoms with Crippen LogP contribution in [0.25, 0.3) is 5.57 Å². The van der Waals surface area contributed by atoms with Crippen molar-refractivity contribution in [1.82, 2.24) is 4.90 Å². The highest BCUT2D eigenvalue weighted by Crippen LogP contribution is 2.33. The van der Waals surface area contributed by atoms with Crippen molar-refractivity contribution < 1.29 is 9.59 Å². The van der Waals surface area contributed by atoms with Crippen molar-refractivity contribution in [1.29, 1.82) is 0 Å². The van der Waals surface area contributed by atoms with Crippen LogP contribution in [0, 0.1) is 20.8 Å². The second-order valence-corrected chi connectivity index (χ2v) is 6.77. The van der Waals surface area contributed by atoms with Crippen LogP contribution in [0.2, 0.25) is 0 Å². The number of imide groups is 1. The van der Waals surface area contributed by atoms with Crippen LogP contribution >= 0.6 is 0 Å². The van der Waals surface area contributed by atoms with Crippen LogP contribution in [0.3, 0.4) is 0 Å². The summed E-state index contributed by atoms with van der Waals surface area (Å²) < 4.78 is 0. The highest BCUT2D eigenvalue weighted by molar-refractivity contribution is 6.36. The van der Waals surface area contributed by atoms with Crippen LogP contribution in [-0.4, -0.2) is 23.3 Å². The topological polar surface area (TPSA) is 49.4 Å². The molecule has 0 spiro atoms. The first kappa shape index (κ1) is 17.9. The molecule has 0 radical (unpaired) electrons. The van der Waals surface area contributed by atoms with Gasteiger partial charge in [0.1, 0.15) is 5.70 Å². The highest BCUT2D eigenvalue weighted by Gasteiger charge is 2.39. The normalized spacial score (nSPS) is 14.4. The lowest BCUT2D eigenvalue weighted by molar-refractivity contribution is -0.136. The number of rotatable bonds is 5. The molecule has 134 valence electrons. The molecular weight excluding hydrogens is 324 g/mol. The number of nitrogens with one attached hydrogen (secondary N) is 1. The summed E-state index contributed by atoms with van der Waals surface area (Å²) in [7, 11) is 0. The summed E-state index contributed by atoms with van der Waals surface area (Å²) in [6, 6.07) is 13.7. The number of amides is 2. The summed E-state index contributed by atoms with van der Waals surface area (Å²) >= 11 is 0. The Kier molecular flexibility index (Phi) is 4.94. The van der Waals surface area contributed by atoms with E-state index in [1.807, 2.05) is 70.2 Å². The van der Waals surface area contributed by atoms with Gasteiger partial charge < -0.3 is 5.32 Å². The molecule has 0 atom stereocenters. The van der Waals surface area contributed by atoms with Gasteiger partial charge in [0.2, 0.25) is 0 Å². The van der Waals surface area contributed by atoms with Gasteiger partial charge in [-0.05, 0) is 49.9 Å². The van der Waals surface area contributed by atoms with Crippen molar-refractivity contribution in [3.05, 3.63) is 70.4 Å². The summed E-state index contributed by atoms with van der Waals surface area (Å²) in [5.41, 5.74) is 5.61. The van der Waals surface area contributed by atoms with E-state index in [0.717, 1.165) is 34.4 Å². The van der Waals surface area contributed by atoms with Crippen LogP contribution in [-0.2, 0) is 9.59 Å². The van der Waals surface area contributed by atoms with Crippen LogP contribution in [0.4, 0.5) is 5.69 Å². The molecule has 0 aromatic heterocycles. The molecule has 4 nitrogen and oxygen atoms in total. The first-order chi connectivity index (χ1) is 12.4. The minimum absolute atomic E-state index is 0.222. The van der Waals surface area contributed by atoms with E-state index in [9.17, 15) is 9.59 Å². The molecule has 4 heteroatoms. The number of aryl methyl sites for hydroxylation is 3. The molecule has 0 bridgehead atoms. The van der Waals surface area contributed by atoms with Crippen molar-refractivity contribution in [2.24, 2.45) is 0 Å². The number of anilines is 1. The average molecular weight is 348 g/mol. The molecule has 0 fully saturated rings. The van der Waals surface area contributed by atoms with Crippen molar-refractivity contribution >= 4 is 23.1 Å². The molecule has 1 heterocycles. The van der Waals surface area contributed by atoms with Gasteiger partial charge in [0.15, 0.2) is 0 Å². The summed E-state index contributed by atoms with van der Waals surface area (Å²) in [6.45, 7) is 8.35. The molecule has 2 amide bonds. The smallest absolute Gasteiger partial charge is 0.278 e. The number of nitrogens with zero attached hydrogens (tertiary/aromatic N) is 1. The Morgan fingerprint density at radius 1 is 0.923 bits per heavy atom. The van der Waals surface area contributed by atoms with E-state index in [4.69, 9.17) is 0 Å². The molecule has 1 aliphatic rings. The second-order valence-electron chi connectivity index (χ2n) is 6.77. The van der Waals surface area contributed by atoms with E-state index < -0.39 is 0 Å². The minimum atomic E-state index is -0.255. The Morgan fingerprint density at radius 3 is 2.31 bits per heavy atom. The van der Waals surface area contributed by atoms with E-state index >= 15 is 0 Å². The fourth-order valence-corrected chi connectivity index (χ4v) is 3.31. The Hall–Kier alpha value is -2.88. The van der Waals surface area contributed by atoms with Crippen LogP contribution < -0.4 is 5.32 Å². The predicted molar refractivity (Wildman–Crippen MR) is 105 cm³/mol. The largest absolute Gasteiger partial charge is 0.350 e. The third-order valence-corrected chi connectivity index (χ3v) is 4.67. The number of carbonyl (C=O) groups is 2. The van der Waals surface area contributed by atoms with E-state index in [1.54, 1.807) is 0 Å². The molecular formula is C22H24N2O2. The fourth-order valence-electron chi connectivity index (χ4n) is 3.31.